The maximum atomic E-state index is 12.9. The minimum atomic E-state index is -0.0929. The fourth-order valence-electron chi connectivity index (χ4n) is 4.69. The largest absolute Gasteiger partial charge is 0.495 e. The van der Waals surface area contributed by atoms with Crippen LogP contribution in [0.2, 0.25) is 5.02 Å². The summed E-state index contributed by atoms with van der Waals surface area (Å²) < 4.78 is 7.13. The van der Waals surface area contributed by atoms with Crippen LogP contribution < -0.4 is 15.0 Å². The van der Waals surface area contributed by atoms with Gasteiger partial charge in [0.05, 0.1) is 34.6 Å². The van der Waals surface area contributed by atoms with E-state index in [4.69, 9.17) is 21.4 Å². The standard InChI is InChI=1S/C26H27ClN6O2/c1-16-23-17(2)33(20-7-5-4-6-8-20)31-24(23)25(30-29-16)32-13-11-18(12-14-32)26(34)28-19-9-10-22(35-3)21(27)15-19/h4-10,15,18H,11-14H2,1-3H3,(H,28,34). The monoisotopic (exact) mass is 490 g/mol. The van der Waals surface area contributed by atoms with E-state index in [1.165, 1.54) is 0 Å². The molecule has 9 heteroatoms. The van der Waals surface area contributed by atoms with Gasteiger partial charge in [-0.05, 0) is 57.0 Å². The molecule has 1 aliphatic heterocycles. The molecule has 5 rings (SSSR count). The number of hydrogen-bond donors (Lipinski definition) is 1. The van der Waals surface area contributed by atoms with E-state index in [1.54, 1.807) is 25.3 Å². The summed E-state index contributed by atoms with van der Waals surface area (Å²) in [5.74, 6) is 1.25. The molecular weight excluding hydrogens is 464 g/mol. The van der Waals surface area contributed by atoms with E-state index in [1.807, 2.05) is 41.9 Å². The summed E-state index contributed by atoms with van der Waals surface area (Å²) >= 11 is 6.19. The third kappa shape index (κ3) is 4.41. The number of methoxy groups -OCH3 is 1. The van der Waals surface area contributed by atoms with Crippen molar-refractivity contribution < 1.29 is 9.53 Å². The number of aryl methyl sites for hydroxylation is 2. The molecule has 3 heterocycles. The van der Waals surface area contributed by atoms with Gasteiger partial charge in [0, 0.05) is 24.7 Å². The highest BCUT2D eigenvalue weighted by Crippen LogP contribution is 2.32. The molecule has 180 valence electrons. The van der Waals surface area contributed by atoms with Crippen molar-refractivity contribution in [2.45, 2.75) is 26.7 Å². The Kier molecular flexibility index (Phi) is 6.30. The molecule has 1 saturated heterocycles. The number of aromatic nitrogens is 4. The van der Waals surface area contributed by atoms with E-state index in [0.29, 0.717) is 42.4 Å². The van der Waals surface area contributed by atoms with Gasteiger partial charge in [-0.15, -0.1) is 5.10 Å². The minimum Gasteiger partial charge on any atom is -0.495 e. The predicted octanol–water partition coefficient (Wildman–Crippen LogP) is 4.95. The van der Waals surface area contributed by atoms with E-state index >= 15 is 0 Å². The summed E-state index contributed by atoms with van der Waals surface area (Å²) in [5.41, 5.74) is 4.40. The summed E-state index contributed by atoms with van der Waals surface area (Å²) in [5, 5.41) is 18.3. The lowest BCUT2D eigenvalue weighted by atomic mass is 9.95. The summed E-state index contributed by atoms with van der Waals surface area (Å²) in [4.78, 5) is 15.1. The highest BCUT2D eigenvalue weighted by Gasteiger charge is 2.28. The van der Waals surface area contributed by atoms with Crippen molar-refractivity contribution in [3.05, 3.63) is 64.9 Å². The fraction of sp³-hybridized carbons (Fsp3) is 0.308. The van der Waals surface area contributed by atoms with Crippen LogP contribution in [0.15, 0.2) is 48.5 Å². The van der Waals surface area contributed by atoms with Gasteiger partial charge in [-0.25, -0.2) is 4.68 Å². The Morgan fingerprint density at radius 1 is 1.09 bits per heavy atom. The van der Waals surface area contributed by atoms with Crippen molar-refractivity contribution in [1.82, 2.24) is 20.0 Å². The lowest BCUT2D eigenvalue weighted by Crippen LogP contribution is -2.38. The quantitative estimate of drug-likeness (QED) is 0.426. The fourth-order valence-corrected chi connectivity index (χ4v) is 4.94. The lowest BCUT2D eigenvalue weighted by Gasteiger charge is -2.32. The van der Waals surface area contributed by atoms with Gasteiger partial charge in [-0.2, -0.15) is 10.2 Å². The molecule has 8 nitrogen and oxygen atoms in total. The number of para-hydroxylation sites is 1. The van der Waals surface area contributed by atoms with E-state index in [2.05, 4.69) is 27.3 Å². The van der Waals surface area contributed by atoms with Gasteiger partial charge in [-0.3, -0.25) is 4.79 Å². The topological polar surface area (TPSA) is 85.2 Å². The molecular formula is C26H27ClN6O2. The molecule has 0 unspecified atom stereocenters. The molecule has 0 spiro atoms. The Hall–Kier alpha value is -3.65. The first-order valence-electron chi connectivity index (χ1n) is 11.6. The first-order valence-corrected chi connectivity index (χ1v) is 12.0. The molecule has 1 N–H and O–H groups in total. The average Bonchev–Trinajstić information content (AvgIpc) is 3.23. The van der Waals surface area contributed by atoms with Crippen LogP contribution in [0, 0.1) is 19.8 Å². The Balaban J connectivity index is 1.33. The third-order valence-electron chi connectivity index (χ3n) is 6.57. The molecule has 0 atom stereocenters. The molecule has 1 amide bonds. The normalized spacial score (nSPS) is 14.3. The van der Waals surface area contributed by atoms with Crippen LogP contribution in [-0.4, -0.2) is 46.1 Å². The number of benzene rings is 2. The van der Waals surface area contributed by atoms with Crippen LogP contribution in [0.4, 0.5) is 11.5 Å². The maximum Gasteiger partial charge on any atom is 0.227 e. The average molecular weight is 491 g/mol. The molecule has 0 saturated carbocycles. The lowest BCUT2D eigenvalue weighted by molar-refractivity contribution is -0.120. The first kappa shape index (κ1) is 23.1. The van der Waals surface area contributed by atoms with Crippen LogP contribution in [0.3, 0.4) is 0 Å². The van der Waals surface area contributed by atoms with Crippen LogP contribution in [0.5, 0.6) is 5.75 Å². The number of amides is 1. The Morgan fingerprint density at radius 2 is 1.83 bits per heavy atom. The number of halogens is 1. The van der Waals surface area contributed by atoms with Crippen LogP contribution in [-0.2, 0) is 4.79 Å². The number of anilines is 2. The highest BCUT2D eigenvalue weighted by atomic mass is 35.5. The number of nitrogens with zero attached hydrogens (tertiary/aromatic N) is 5. The smallest absolute Gasteiger partial charge is 0.227 e. The number of ether oxygens (including phenoxy) is 1. The molecule has 0 radical (unpaired) electrons. The number of carbonyl (C=O) groups excluding carboxylic acids is 1. The van der Waals surface area contributed by atoms with Crippen LogP contribution in [0.25, 0.3) is 16.6 Å². The van der Waals surface area contributed by atoms with Gasteiger partial charge in [0.2, 0.25) is 5.91 Å². The van der Waals surface area contributed by atoms with Gasteiger partial charge in [0.15, 0.2) is 5.82 Å². The van der Waals surface area contributed by atoms with Crippen molar-refractivity contribution in [2.24, 2.45) is 5.92 Å². The Bertz CT molecular complexity index is 1380. The van der Waals surface area contributed by atoms with Gasteiger partial charge in [0.1, 0.15) is 11.3 Å². The zero-order valence-electron chi connectivity index (χ0n) is 20.0. The summed E-state index contributed by atoms with van der Waals surface area (Å²) in [6.45, 7) is 5.42. The molecule has 1 fully saturated rings. The van der Waals surface area contributed by atoms with E-state index in [9.17, 15) is 4.79 Å². The number of rotatable bonds is 5. The van der Waals surface area contributed by atoms with Crippen molar-refractivity contribution in [3.63, 3.8) is 0 Å². The van der Waals surface area contributed by atoms with Crippen molar-refractivity contribution >= 4 is 39.9 Å². The van der Waals surface area contributed by atoms with Gasteiger partial charge in [-0.1, -0.05) is 29.8 Å². The van der Waals surface area contributed by atoms with Crippen LogP contribution in [0.1, 0.15) is 24.2 Å². The van der Waals surface area contributed by atoms with Crippen molar-refractivity contribution in [2.75, 3.05) is 30.4 Å². The van der Waals surface area contributed by atoms with Crippen molar-refractivity contribution in [3.8, 4) is 11.4 Å². The predicted molar refractivity (Wildman–Crippen MR) is 138 cm³/mol. The van der Waals surface area contributed by atoms with E-state index in [-0.39, 0.29) is 11.8 Å². The van der Waals surface area contributed by atoms with Gasteiger partial charge in [0.25, 0.3) is 0 Å². The number of nitrogens with one attached hydrogen (secondary N) is 1. The summed E-state index contributed by atoms with van der Waals surface area (Å²) in [6.07, 6.45) is 1.43. The molecule has 4 aromatic rings. The maximum absolute atomic E-state index is 12.9. The second kappa shape index (κ2) is 9.54. The number of carbonyl (C=O) groups is 1. The summed E-state index contributed by atoms with van der Waals surface area (Å²) in [7, 11) is 1.56. The molecule has 1 aliphatic rings. The summed E-state index contributed by atoms with van der Waals surface area (Å²) in [6, 6.07) is 15.3. The van der Waals surface area contributed by atoms with Crippen molar-refractivity contribution in [1.29, 1.82) is 0 Å². The number of piperidine rings is 1. The zero-order chi connectivity index (χ0) is 24.5. The molecule has 35 heavy (non-hydrogen) atoms. The second-order valence-electron chi connectivity index (χ2n) is 8.77. The zero-order valence-corrected chi connectivity index (χ0v) is 20.7. The third-order valence-corrected chi connectivity index (χ3v) is 6.87. The van der Waals surface area contributed by atoms with Gasteiger partial charge < -0.3 is 15.0 Å². The molecule has 0 bridgehead atoms. The minimum absolute atomic E-state index is 0.00443. The highest BCUT2D eigenvalue weighted by molar-refractivity contribution is 6.32. The van der Waals surface area contributed by atoms with Gasteiger partial charge >= 0.3 is 0 Å². The Labute approximate surface area is 208 Å². The molecule has 2 aromatic carbocycles. The van der Waals surface area contributed by atoms with E-state index < -0.39 is 0 Å². The SMILES string of the molecule is COc1ccc(NC(=O)C2CCN(c3nnc(C)c4c(C)n(-c5ccccc5)nc34)CC2)cc1Cl. The van der Waals surface area contributed by atoms with Crippen LogP contribution >= 0.6 is 11.6 Å². The number of hydrogen-bond acceptors (Lipinski definition) is 6. The van der Waals surface area contributed by atoms with E-state index in [0.717, 1.165) is 33.8 Å². The molecule has 2 aromatic heterocycles. The molecule has 0 aliphatic carbocycles. The Morgan fingerprint density at radius 3 is 2.51 bits per heavy atom. The first-order chi connectivity index (χ1) is 17.0. The second-order valence-corrected chi connectivity index (χ2v) is 9.17. The number of fused-ring (bicyclic) bond motifs is 1.